The highest BCUT2D eigenvalue weighted by Gasteiger charge is 2.62. The quantitative estimate of drug-likeness (QED) is 0.124. The summed E-state index contributed by atoms with van der Waals surface area (Å²) in [5, 5.41) is 1.76. The average Bonchev–Trinajstić information content (AvgIpc) is 3.28. The number of aryl methyl sites for hydroxylation is 5. The molecular formula is C55H55N3. The van der Waals surface area contributed by atoms with E-state index < -0.39 is 30.4 Å². The van der Waals surface area contributed by atoms with Gasteiger partial charge in [-0.15, -0.1) is 0 Å². The van der Waals surface area contributed by atoms with Crippen molar-refractivity contribution in [3.8, 4) is 33.8 Å². The molecule has 0 N–H and O–H groups in total. The molecule has 0 spiro atoms. The number of rotatable bonds is 12. The second kappa shape index (κ2) is 15.1. The van der Waals surface area contributed by atoms with E-state index in [1.54, 1.807) is 18.3 Å². The van der Waals surface area contributed by atoms with Gasteiger partial charge in [0.05, 0.1) is 17.1 Å². The first-order valence-corrected chi connectivity index (χ1v) is 21.0. The Balaban J connectivity index is 0.996. The standard InChI is InChI=1S/C55H55N3/c1-39-27-40(2)29-47(28-39)52-49-16-10-9-15-48(49)46(35-58-52)23-26-55-32-43-30-53(37-55,24-21-41-17-19-50(56-33-41)44-11-5-3-6-12-44)36-54(31-43,38-55)25-22-42-18-20-51(57-34-42)45-13-7-4-8-14-45/h3-20,27-29,33-35,43H,21-26,30-32,36-38H2,1-2H3/i1D3,24D2,26D2. The normalized spacial score (nSPS) is 25.9. The van der Waals surface area contributed by atoms with Crippen LogP contribution in [0.1, 0.15) is 95.1 Å². The third-order valence-electron chi connectivity index (χ3n) is 13.5. The minimum absolute atomic E-state index is 0.146. The summed E-state index contributed by atoms with van der Waals surface area (Å²) in [6.45, 7) is -0.364. The Hall–Kier alpha value is -5.41. The maximum atomic E-state index is 10.3. The minimum atomic E-state index is -2.26. The van der Waals surface area contributed by atoms with Crippen molar-refractivity contribution in [3.05, 3.63) is 174 Å². The number of nitrogens with zero attached hydrogens (tertiary/aromatic N) is 3. The van der Waals surface area contributed by atoms with Crippen molar-refractivity contribution in [3.63, 3.8) is 0 Å². The van der Waals surface area contributed by atoms with E-state index in [2.05, 4.69) is 24.3 Å². The van der Waals surface area contributed by atoms with Crippen LogP contribution >= 0.6 is 0 Å². The van der Waals surface area contributed by atoms with Gasteiger partial charge in [0.25, 0.3) is 0 Å². The molecule has 0 radical (unpaired) electrons. The van der Waals surface area contributed by atoms with Gasteiger partial charge in [-0.25, -0.2) is 0 Å². The topological polar surface area (TPSA) is 38.7 Å². The van der Waals surface area contributed by atoms with Crippen LogP contribution in [0.15, 0.2) is 146 Å². The molecule has 0 aliphatic heterocycles. The zero-order valence-corrected chi connectivity index (χ0v) is 33.3. The van der Waals surface area contributed by atoms with Gasteiger partial charge in [0.2, 0.25) is 0 Å². The number of hydrogen-bond donors (Lipinski definition) is 0. The van der Waals surface area contributed by atoms with E-state index in [0.717, 1.165) is 106 Å². The maximum Gasteiger partial charge on any atom is 0.0780 e. The minimum Gasteiger partial charge on any atom is -0.256 e. The van der Waals surface area contributed by atoms with E-state index in [0.29, 0.717) is 12.1 Å². The van der Waals surface area contributed by atoms with Gasteiger partial charge in [-0.2, -0.15) is 0 Å². The molecule has 3 nitrogen and oxygen atoms in total. The van der Waals surface area contributed by atoms with E-state index in [1.165, 1.54) is 0 Å². The van der Waals surface area contributed by atoms with Gasteiger partial charge in [-0.3, -0.25) is 15.0 Å². The van der Waals surface area contributed by atoms with E-state index >= 15 is 0 Å². The lowest BCUT2D eigenvalue weighted by atomic mass is 9.37. The van der Waals surface area contributed by atoms with Crippen LogP contribution in [0.25, 0.3) is 44.5 Å². The molecule has 4 saturated carbocycles. The lowest BCUT2D eigenvalue weighted by Crippen LogP contribution is -2.57. The first-order chi connectivity index (χ1) is 31.0. The van der Waals surface area contributed by atoms with Crippen LogP contribution in [0, 0.1) is 35.9 Å². The Labute approximate surface area is 354 Å². The van der Waals surface area contributed by atoms with Gasteiger partial charge in [0.15, 0.2) is 0 Å². The first-order valence-electron chi connectivity index (χ1n) is 24.5. The molecule has 3 heterocycles. The van der Waals surface area contributed by atoms with Crippen molar-refractivity contribution < 1.29 is 9.60 Å². The molecule has 4 aromatic carbocycles. The fourth-order valence-corrected chi connectivity index (χ4v) is 11.5. The van der Waals surface area contributed by atoms with Crippen LogP contribution in [0.5, 0.6) is 0 Å². The highest BCUT2D eigenvalue weighted by molar-refractivity contribution is 5.96. The van der Waals surface area contributed by atoms with E-state index in [4.69, 9.17) is 19.1 Å². The molecule has 4 aliphatic carbocycles. The molecule has 4 bridgehead atoms. The van der Waals surface area contributed by atoms with Gasteiger partial charge < -0.3 is 0 Å². The highest BCUT2D eigenvalue weighted by atomic mass is 14.7. The zero-order chi connectivity index (χ0) is 45.2. The Morgan fingerprint density at radius 3 is 1.76 bits per heavy atom. The van der Waals surface area contributed by atoms with Crippen LogP contribution < -0.4 is 0 Å². The van der Waals surface area contributed by atoms with Crippen molar-refractivity contribution in [1.82, 2.24) is 15.0 Å². The summed E-state index contributed by atoms with van der Waals surface area (Å²) < 4.78 is 65.1. The van der Waals surface area contributed by atoms with E-state index in [1.807, 2.05) is 110 Å². The molecule has 58 heavy (non-hydrogen) atoms. The summed E-state index contributed by atoms with van der Waals surface area (Å²) in [5.41, 5.74) is 7.52. The number of fused-ring (bicyclic) bond motifs is 1. The number of hydrogen-bond acceptors (Lipinski definition) is 3. The molecular weight excluding hydrogens is 703 g/mol. The number of pyridine rings is 3. The fourth-order valence-electron chi connectivity index (χ4n) is 11.5. The maximum absolute atomic E-state index is 10.3. The van der Waals surface area contributed by atoms with Gasteiger partial charge in [0.1, 0.15) is 0 Å². The third kappa shape index (κ3) is 7.41. The van der Waals surface area contributed by atoms with Crippen LogP contribution in [-0.4, -0.2) is 15.0 Å². The molecule has 4 atom stereocenters. The third-order valence-corrected chi connectivity index (χ3v) is 13.5. The van der Waals surface area contributed by atoms with Gasteiger partial charge in [-0.05, 0) is 159 Å². The lowest BCUT2D eigenvalue weighted by molar-refractivity contribution is -0.166. The predicted molar refractivity (Wildman–Crippen MR) is 239 cm³/mol. The molecule has 0 amide bonds. The van der Waals surface area contributed by atoms with Gasteiger partial charge in [-0.1, -0.05) is 114 Å². The first kappa shape index (κ1) is 29.8. The number of benzene rings is 4. The largest absolute Gasteiger partial charge is 0.256 e. The summed E-state index contributed by atoms with van der Waals surface area (Å²) in [7, 11) is 0. The molecule has 4 fully saturated rings. The Morgan fingerprint density at radius 1 is 0.552 bits per heavy atom. The van der Waals surface area contributed by atoms with Crippen molar-refractivity contribution in [2.75, 3.05) is 0 Å². The molecule has 0 saturated heterocycles. The summed E-state index contributed by atoms with van der Waals surface area (Å²) >= 11 is 0. The summed E-state index contributed by atoms with van der Waals surface area (Å²) in [6, 6.07) is 41.9. The Morgan fingerprint density at radius 2 is 1.12 bits per heavy atom. The SMILES string of the molecule is [2H]C([2H])([2H])c1cc(C)cc(-c2ncc(CC([2H])([2H])C34CC5CC(CCc6ccc(-c7ccccc7)nc6)(CC(C([2H])([2H])Cc6ccc(-c7ccccc7)nc6)(C5)C3)C4)c3ccccc23)c1. The van der Waals surface area contributed by atoms with Crippen molar-refractivity contribution in [2.24, 2.45) is 22.2 Å². The van der Waals surface area contributed by atoms with Crippen molar-refractivity contribution in [1.29, 1.82) is 0 Å². The Bertz CT molecular complexity index is 2850. The fraction of sp³-hybridized carbons (Fsp3) is 0.327. The summed E-state index contributed by atoms with van der Waals surface area (Å²) in [6.07, 6.45) is 8.79. The zero-order valence-electron chi connectivity index (χ0n) is 40.3. The van der Waals surface area contributed by atoms with Crippen molar-refractivity contribution in [2.45, 2.75) is 90.7 Å². The molecule has 4 aliphatic rings. The van der Waals surface area contributed by atoms with Gasteiger partial charge >= 0.3 is 0 Å². The van der Waals surface area contributed by atoms with Crippen LogP contribution in [-0.2, 0) is 19.3 Å². The molecule has 4 unspecified atom stereocenters. The average molecular weight is 765 g/mol. The lowest BCUT2D eigenvalue weighted by Gasteiger charge is -2.67. The monoisotopic (exact) mass is 764 g/mol. The van der Waals surface area contributed by atoms with Crippen LogP contribution in [0.4, 0.5) is 0 Å². The smallest absolute Gasteiger partial charge is 0.0780 e. The van der Waals surface area contributed by atoms with Crippen LogP contribution in [0.3, 0.4) is 0 Å². The molecule has 3 heteroatoms. The van der Waals surface area contributed by atoms with E-state index in [9.17, 15) is 5.48 Å². The number of aromatic nitrogens is 3. The second-order valence-electron chi connectivity index (χ2n) is 17.9. The molecule has 290 valence electrons. The molecule has 3 aromatic heterocycles. The second-order valence-corrected chi connectivity index (χ2v) is 17.9. The summed E-state index contributed by atoms with van der Waals surface area (Å²) in [4.78, 5) is 14.6. The highest BCUT2D eigenvalue weighted by Crippen LogP contribution is 2.73. The van der Waals surface area contributed by atoms with Gasteiger partial charge in [0, 0.05) is 50.3 Å². The van der Waals surface area contributed by atoms with Crippen LogP contribution in [0.2, 0.25) is 0 Å². The molecule has 7 aromatic rings. The summed E-state index contributed by atoms with van der Waals surface area (Å²) in [5.74, 6) is 0.208. The van der Waals surface area contributed by atoms with Crippen molar-refractivity contribution >= 4 is 10.8 Å². The Kier molecular flexibility index (Phi) is 7.73. The van der Waals surface area contributed by atoms with E-state index in [-0.39, 0.29) is 29.7 Å². The predicted octanol–water partition coefficient (Wildman–Crippen LogP) is 13.8. The molecule has 11 rings (SSSR count).